The highest BCUT2D eigenvalue weighted by Crippen LogP contribution is 2.25. The van der Waals surface area contributed by atoms with E-state index in [4.69, 9.17) is 11.6 Å². The Morgan fingerprint density at radius 3 is 2.53 bits per heavy atom. The van der Waals surface area contributed by atoms with E-state index in [1.807, 2.05) is 0 Å². The Balaban J connectivity index is 1.56. The molecule has 0 saturated carbocycles. The van der Waals surface area contributed by atoms with Gasteiger partial charge in [-0.3, -0.25) is 4.79 Å². The van der Waals surface area contributed by atoms with Crippen molar-refractivity contribution in [3.63, 3.8) is 0 Å². The van der Waals surface area contributed by atoms with E-state index in [0.717, 1.165) is 10.7 Å². The van der Waals surface area contributed by atoms with Crippen molar-refractivity contribution in [3.8, 4) is 34.3 Å². The molecular weight excluding hydrogens is 497 g/mol. The summed E-state index contributed by atoms with van der Waals surface area (Å²) in [6.07, 6.45) is 2.58. The molecule has 0 bridgehead atoms. The minimum atomic E-state index is -3.06. The zero-order valence-electron chi connectivity index (χ0n) is 18.5. The molecule has 182 valence electrons. The molecule has 0 amide bonds. The van der Waals surface area contributed by atoms with Gasteiger partial charge < -0.3 is 4.74 Å². The SMILES string of the molecule is Cc1cc(-c2nn(-c3ccc(-n4nccc4OC(F)F)cc3F)ccc2=O)n(-c2cccc(Cl)c2)n1. The number of benzene rings is 2. The first kappa shape index (κ1) is 23.4. The van der Waals surface area contributed by atoms with Gasteiger partial charge in [-0.05, 0) is 43.3 Å². The van der Waals surface area contributed by atoms with Crippen LogP contribution >= 0.6 is 11.6 Å². The quantitative estimate of drug-likeness (QED) is 0.321. The lowest BCUT2D eigenvalue weighted by Crippen LogP contribution is -2.15. The summed E-state index contributed by atoms with van der Waals surface area (Å²) in [6.45, 7) is -1.29. The average molecular weight is 513 g/mol. The molecule has 0 aliphatic heterocycles. The summed E-state index contributed by atoms with van der Waals surface area (Å²) in [4.78, 5) is 12.8. The number of ether oxygens (including phenoxy) is 1. The van der Waals surface area contributed by atoms with Gasteiger partial charge in [0.05, 0.1) is 29.0 Å². The van der Waals surface area contributed by atoms with E-state index in [9.17, 15) is 13.6 Å². The van der Waals surface area contributed by atoms with Crippen LogP contribution in [-0.2, 0) is 0 Å². The van der Waals surface area contributed by atoms with E-state index < -0.39 is 17.9 Å². The Bertz CT molecular complexity index is 1630. The van der Waals surface area contributed by atoms with Gasteiger partial charge in [-0.25, -0.2) is 18.4 Å². The van der Waals surface area contributed by atoms with E-state index in [2.05, 4.69) is 20.0 Å². The molecule has 5 aromatic rings. The van der Waals surface area contributed by atoms with E-state index in [1.165, 1.54) is 46.0 Å². The summed E-state index contributed by atoms with van der Waals surface area (Å²) in [5, 5.41) is 13.2. The van der Waals surface area contributed by atoms with Crippen LogP contribution in [0.2, 0.25) is 5.02 Å². The molecule has 5 rings (SSSR count). The number of nitrogens with zero attached hydrogens (tertiary/aromatic N) is 6. The van der Waals surface area contributed by atoms with Gasteiger partial charge in [0.15, 0.2) is 11.5 Å². The highest BCUT2D eigenvalue weighted by molar-refractivity contribution is 6.30. The van der Waals surface area contributed by atoms with Gasteiger partial charge in [0.1, 0.15) is 5.69 Å². The molecule has 0 unspecified atom stereocenters. The molecular formula is C24H16ClF3N6O2. The predicted molar refractivity (Wildman–Crippen MR) is 126 cm³/mol. The lowest BCUT2D eigenvalue weighted by atomic mass is 10.2. The molecule has 3 aromatic heterocycles. The third-order valence-corrected chi connectivity index (χ3v) is 5.41. The fraction of sp³-hybridized carbons (Fsp3) is 0.0833. The maximum absolute atomic E-state index is 15.1. The van der Waals surface area contributed by atoms with Crippen LogP contribution in [0.25, 0.3) is 28.5 Å². The number of aryl methyl sites for hydroxylation is 1. The fourth-order valence-corrected chi connectivity index (χ4v) is 3.86. The van der Waals surface area contributed by atoms with E-state index in [1.54, 1.807) is 37.3 Å². The minimum Gasteiger partial charge on any atom is -0.417 e. The molecule has 36 heavy (non-hydrogen) atoms. The molecule has 0 aliphatic carbocycles. The number of hydrogen-bond donors (Lipinski definition) is 0. The van der Waals surface area contributed by atoms with Crippen molar-refractivity contribution >= 4 is 11.6 Å². The van der Waals surface area contributed by atoms with E-state index >= 15 is 4.39 Å². The third kappa shape index (κ3) is 4.48. The summed E-state index contributed by atoms with van der Waals surface area (Å²) in [7, 11) is 0. The van der Waals surface area contributed by atoms with Crippen molar-refractivity contribution in [2.75, 3.05) is 0 Å². The maximum Gasteiger partial charge on any atom is 0.388 e. The Morgan fingerprint density at radius 1 is 0.972 bits per heavy atom. The molecule has 12 heteroatoms. The van der Waals surface area contributed by atoms with Gasteiger partial charge in [-0.1, -0.05) is 17.7 Å². The van der Waals surface area contributed by atoms with Crippen LogP contribution in [0, 0.1) is 12.7 Å². The summed E-state index contributed by atoms with van der Waals surface area (Å²) < 4.78 is 48.6. The highest BCUT2D eigenvalue weighted by atomic mass is 35.5. The summed E-state index contributed by atoms with van der Waals surface area (Å²) in [5.41, 5.74) is 1.49. The second kappa shape index (κ2) is 9.34. The van der Waals surface area contributed by atoms with E-state index in [0.29, 0.717) is 22.1 Å². The van der Waals surface area contributed by atoms with Crippen LogP contribution in [-0.4, -0.2) is 36.0 Å². The molecule has 0 radical (unpaired) electrons. The first-order valence-electron chi connectivity index (χ1n) is 10.5. The molecule has 0 spiro atoms. The second-order valence-corrected chi connectivity index (χ2v) is 8.07. The normalized spacial score (nSPS) is 11.3. The van der Waals surface area contributed by atoms with Crippen LogP contribution in [0.1, 0.15) is 5.69 Å². The van der Waals surface area contributed by atoms with Crippen molar-refractivity contribution in [3.05, 3.63) is 99.8 Å². The second-order valence-electron chi connectivity index (χ2n) is 7.63. The van der Waals surface area contributed by atoms with Crippen LogP contribution in [0.3, 0.4) is 0 Å². The van der Waals surface area contributed by atoms with Crippen molar-refractivity contribution in [1.29, 1.82) is 0 Å². The van der Waals surface area contributed by atoms with Crippen molar-refractivity contribution in [1.82, 2.24) is 29.3 Å². The Kier molecular flexibility index (Phi) is 6.06. The topological polar surface area (TPSA) is 79.8 Å². The smallest absolute Gasteiger partial charge is 0.388 e. The summed E-state index contributed by atoms with van der Waals surface area (Å²) in [6, 6.07) is 15.1. The highest BCUT2D eigenvalue weighted by Gasteiger charge is 2.18. The molecule has 0 atom stereocenters. The molecule has 0 N–H and O–H groups in total. The predicted octanol–water partition coefficient (Wildman–Crippen LogP) is 4.97. The van der Waals surface area contributed by atoms with Crippen LogP contribution in [0.4, 0.5) is 13.2 Å². The number of alkyl halides is 2. The molecule has 2 aromatic carbocycles. The standard InChI is InChI=1S/C24H16ClF3N6O2/c1-14-11-20(33(30-14)16-4-2-3-15(25)12-16)23-21(35)8-10-32(31-23)19-6-5-17(13-18(19)26)34-22(7-9-29-34)36-24(27)28/h2-13,24H,1H3. The van der Waals surface area contributed by atoms with Gasteiger partial charge in [-0.2, -0.15) is 24.1 Å². The number of hydrogen-bond acceptors (Lipinski definition) is 5. The number of aromatic nitrogens is 6. The van der Waals surface area contributed by atoms with Crippen LogP contribution in [0.15, 0.2) is 77.9 Å². The largest absolute Gasteiger partial charge is 0.417 e. The van der Waals surface area contributed by atoms with Gasteiger partial charge in [0.25, 0.3) is 0 Å². The average Bonchev–Trinajstić information content (AvgIpc) is 3.45. The Morgan fingerprint density at radius 2 is 1.78 bits per heavy atom. The van der Waals surface area contributed by atoms with Crippen molar-refractivity contribution < 1.29 is 17.9 Å². The summed E-state index contributed by atoms with van der Waals surface area (Å²) >= 11 is 6.12. The van der Waals surface area contributed by atoms with Gasteiger partial charge >= 0.3 is 6.61 Å². The maximum atomic E-state index is 15.1. The van der Waals surface area contributed by atoms with Gasteiger partial charge in [0, 0.05) is 29.4 Å². The lowest BCUT2D eigenvalue weighted by Gasteiger charge is -2.12. The molecule has 0 fully saturated rings. The van der Waals surface area contributed by atoms with Gasteiger partial charge in [0.2, 0.25) is 11.3 Å². The number of rotatable bonds is 6. The van der Waals surface area contributed by atoms with Crippen LogP contribution in [0.5, 0.6) is 5.88 Å². The zero-order valence-corrected chi connectivity index (χ0v) is 19.3. The van der Waals surface area contributed by atoms with Gasteiger partial charge in [-0.15, -0.1) is 0 Å². The lowest BCUT2D eigenvalue weighted by molar-refractivity contribution is -0.0544. The molecule has 8 nitrogen and oxygen atoms in total. The monoisotopic (exact) mass is 512 g/mol. The minimum absolute atomic E-state index is 0.0222. The van der Waals surface area contributed by atoms with E-state index in [-0.39, 0.29) is 22.9 Å². The molecule has 0 saturated heterocycles. The third-order valence-electron chi connectivity index (χ3n) is 5.18. The van der Waals surface area contributed by atoms with Crippen molar-refractivity contribution in [2.45, 2.75) is 13.5 Å². The molecule has 0 aliphatic rings. The molecule has 3 heterocycles. The van der Waals surface area contributed by atoms with Crippen molar-refractivity contribution in [2.24, 2.45) is 0 Å². The first-order valence-corrected chi connectivity index (χ1v) is 10.9. The fourth-order valence-electron chi connectivity index (χ4n) is 3.67. The van der Waals surface area contributed by atoms with Crippen LogP contribution < -0.4 is 10.2 Å². The Hall–Kier alpha value is -4.38. The number of halogens is 4. The first-order chi connectivity index (χ1) is 17.3. The summed E-state index contributed by atoms with van der Waals surface area (Å²) in [5.74, 6) is -0.974. The zero-order chi connectivity index (χ0) is 25.4. The Labute approximate surface area is 206 Å².